The van der Waals surface area contributed by atoms with Gasteiger partial charge in [0, 0.05) is 18.2 Å². The Hall–Kier alpha value is -1.79. The fraction of sp³-hybridized carbons (Fsp3) is 0.647. The van der Waals surface area contributed by atoms with Crippen LogP contribution in [0.25, 0.3) is 0 Å². The second-order valence-corrected chi connectivity index (χ2v) is 6.80. The zero-order valence-corrected chi connectivity index (χ0v) is 13.5. The maximum absolute atomic E-state index is 12.4. The Morgan fingerprint density at radius 3 is 2.71 bits per heavy atom. The molecule has 2 aliphatic rings. The van der Waals surface area contributed by atoms with Gasteiger partial charge in [-0.1, -0.05) is 13.3 Å². The van der Waals surface area contributed by atoms with E-state index in [4.69, 9.17) is 4.74 Å². The summed E-state index contributed by atoms with van der Waals surface area (Å²) in [5.74, 6) is 0.682. The van der Waals surface area contributed by atoms with Crippen LogP contribution in [0.3, 0.4) is 0 Å². The Labute approximate surface area is 138 Å². The first kappa shape index (κ1) is 17.0. The number of rotatable bonds is 6. The van der Waals surface area contributed by atoms with Crippen molar-refractivity contribution in [2.75, 3.05) is 6.61 Å². The second kappa shape index (κ2) is 6.26. The zero-order chi connectivity index (χ0) is 17.4. The smallest absolute Gasteiger partial charge is 0.422 e. The van der Waals surface area contributed by atoms with Crippen LogP contribution in [0, 0.1) is 11.8 Å². The number of hydrogen-bond donors (Lipinski definition) is 1. The van der Waals surface area contributed by atoms with Crippen molar-refractivity contribution in [1.29, 1.82) is 0 Å². The average Bonchev–Trinajstić information content (AvgIpc) is 3.24. The molecule has 0 unspecified atom stereocenters. The Morgan fingerprint density at radius 2 is 2.12 bits per heavy atom. The van der Waals surface area contributed by atoms with Crippen LogP contribution in [0.5, 0.6) is 5.88 Å². The van der Waals surface area contributed by atoms with Crippen molar-refractivity contribution in [3.63, 3.8) is 0 Å². The standard InChI is InChI=1S/C17H21F3N2O2/c1-2-11-7-12(8-11)15(23)22-16(4-5-16)13-3-6-21-14(9-13)24-10-17(18,19)20/h3,6,9,11-12H,2,4-5,7-8,10H2,1H3,(H,22,23). The highest BCUT2D eigenvalue weighted by atomic mass is 19.4. The third-order valence-corrected chi connectivity index (χ3v) is 4.97. The molecule has 7 heteroatoms. The average molecular weight is 342 g/mol. The molecule has 4 nitrogen and oxygen atoms in total. The molecule has 2 aliphatic carbocycles. The van der Waals surface area contributed by atoms with Crippen molar-refractivity contribution in [1.82, 2.24) is 10.3 Å². The van der Waals surface area contributed by atoms with E-state index >= 15 is 0 Å². The van der Waals surface area contributed by atoms with Crippen molar-refractivity contribution in [3.05, 3.63) is 23.9 Å². The van der Waals surface area contributed by atoms with Gasteiger partial charge in [-0.25, -0.2) is 4.98 Å². The summed E-state index contributed by atoms with van der Waals surface area (Å²) in [5, 5.41) is 3.09. The molecule has 2 fully saturated rings. The van der Waals surface area contributed by atoms with Crippen LogP contribution < -0.4 is 10.1 Å². The number of alkyl halides is 3. The summed E-state index contributed by atoms with van der Waals surface area (Å²) in [7, 11) is 0. The molecule has 3 rings (SSSR count). The summed E-state index contributed by atoms with van der Waals surface area (Å²) in [6, 6.07) is 3.22. The first-order valence-corrected chi connectivity index (χ1v) is 8.29. The van der Waals surface area contributed by atoms with Crippen LogP contribution in [-0.2, 0) is 10.3 Å². The van der Waals surface area contributed by atoms with E-state index in [9.17, 15) is 18.0 Å². The Balaban J connectivity index is 1.62. The van der Waals surface area contributed by atoms with Crippen molar-refractivity contribution in [3.8, 4) is 5.88 Å². The van der Waals surface area contributed by atoms with Gasteiger partial charge in [-0.2, -0.15) is 13.2 Å². The van der Waals surface area contributed by atoms with Gasteiger partial charge in [0.1, 0.15) is 0 Å². The molecule has 24 heavy (non-hydrogen) atoms. The van der Waals surface area contributed by atoms with Gasteiger partial charge in [-0.15, -0.1) is 0 Å². The van der Waals surface area contributed by atoms with Crippen LogP contribution >= 0.6 is 0 Å². The molecule has 2 saturated carbocycles. The molecule has 1 aromatic heterocycles. The van der Waals surface area contributed by atoms with E-state index in [1.807, 2.05) is 0 Å². The minimum absolute atomic E-state index is 0.0479. The predicted octanol–water partition coefficient (Wildman–Crippen LogP) is 3.56. The minimum Gasteiger partial charge on any atom is -0.468 e. The van der Waals surface area contributed by atoms with Crippen molar-refractivity contribution >= 4 is 5.91 Å². The number of amides is 1. The number of carbonyl (C=O) groups is 1. The molecule has 0 aromatic carbocycles. The summed E-state index contributed by atoms with van der Waals surface area (Å²) in [6.07, 6.45) is 1.53. The Kier molecular flexibility index (Phi) is 4.44. The van der Waals surface area contributed by atoms with E-state index in [2.05, 4.69) is 17.2 Å². The maximum Gasteiger partial charge on any atom is 0.422 e. The number of halogens is 3. The molecule has 0 aliphatic heterocycles. The van der Waals surface area contributed by atoms with E-state index in [0.29, 0.717) is 5.92 Å². The monoisotopic (exact) mass is 342 g/mol. The molecular formula is C17H21F3N2O2. The van der Waals surface area contributed by atoms with Gasteiger partial charge >= 0.3 is 6.18 Å². The van der Waals surface area contributed by atoms with Gasteiger partial charge in [-0.05, 0) is 43.2 Å². The quantitative estimate of drug-likeness (QED) is 0.860. The normalized spacial score (nSPS) is 24.8. The number of pyridine rings is 1. The van der Waals surface area contributed by atoms with Crippen molar-refractivity contribution < 1.29 is 22.7 Å². The van der Waals surface area contributed by atoms with Gasteiger partial charge in [-0.3, -0.25) is 4.79 Å². The summed E-state index contributed by atoms with van der Waals surface area (Å²) in [4.78, 5) is 16.2. The van der Waals surface area contributed by atoms with Gasteiger partial charge in [0.05, 0.1) is 5.54 Å². The van der Waals surface area contributed by atoms with Crippen LogP contribution in [0.2, 0.25) is 0 Å². The molecule has 0 bridgehead atoms. The highest BCUT2D eigenvalue weighted by Gasteiger charge is 2.48. The number of nitrogens with zero attached hydrogens (tertiary/aromatic N) is 1. The van der Waals surface area contributed by atoms with Gasteiger partial charge < -0.3 is 10.1 Å². The van der Waals surface area contributed by atoms with E-state index in [1.165, 1.54) is 12.3 Å². The third-order valence-electron chi connectivity index (χ3n) is 4.97. The second-order valence-electron chi connectivity index (χ2n) is 6.80. The van der Waals surface area contributed by atoms with Crippen molar-refractivity contribution in [2.45, 2.75) is 50.7 Å². The maximum atomic E-state index is 12.4. The zero-order valence-electron chi connectivity index (χ0n) is 13.5. The lowest BCUT2D eigenvalue weighted by Gasteiger charge is -2.34. The Morgan fingerprint density at radius 1 is 1.42 bits per heavy atom. The third kappa shape index (κ3) is 3.82. The first-order valence-electron chi connectivity index (χ1n) is 8.29. The van der Waals surface area contributed by atoms with Gasteiger partial charge in [0.15, 0.2) is 6.61 Å². The number of carbonyl (C=O) groups excluding carboxylic acids is 1. The van der Waals surface area contributed by atoms with E-state index in [1.54, 1.807) is 6.07 Å². The van der Waals surface area contributed by atoms with Gasteiger partial charge in [0.25, 0.3) is 0 Å². The number of nitrogens with one attached hydrogen (secondary N) is 1. The summed E-state index contributed by atoms with van der Waals surface area (Å²) in [6.45, 7) is 0.754. The molecule has 1 amide bonds. The highest BCUT2D eigenvalue weighted by molar-refractivity contribution is 5.81. The lowest BCUT2D eigenvalue weighted by molar-refractivity contribution is -0.154. The molecular weight excluding hydrogens is 321 g/mol. The van der Waals surface area contributed by atoms with Crippen molar-refractivity contribution in [2.24, 2.45) is 11.8 Å². The Bertz CT molecular complexity index is 608. The van der Waals surface area contributed by atoms with Crippen LogP contribution in [0.15, 0.2) is 18.3 Å². The number of ether oxygens (including phenoxy) is 1. The molecule has 1 N–H and O–H groups in total. The molecule has 0 radical (unpaired) electrons. The van der Waals surface area contributed by atoms with Crippen LogP contribution in [-0.4, -0.2) is 23.7 Å². The summed E-state index contributed by atoms with van der Waals surface area (Å²) < 4.78 is 41.4. The van der Waals surface area contributed by atoms with E-state index < -0.39 is 18.3 Å². The minimum atomic E-state index is -4.40. The molecule has 1 aromatic rings. The topological polar surface area (TPSA) is 51.2 Å². The summed E-state index contributed by atoms with van der Waals surface area (Å²) in [5.41, 5.74) is 0.294. The molecule has 0 saturated heterocycles. The molecule has 1 heterocycles. The SMILES string of the molecule is CCC1CC(C(=O)NC2(c3ccnc(OCC(F)(F)F)c3)CC2)C1. The van der Waals surface area contributed by atoms with Crippen LogP contribution in [0.1, 0.15) is 44.6 Å². The molecule has 0 spiro atoms. The number of aromatic nitrogens is 1. The molecule has 0 atom stereocenters. The summed E-state index contributed by atoms with van der Waals surface area (Å²) >= 11 is 0. The van der Waals surface area contributed by atoms with E-state index in [0.717, 1.165) is 37.7 Å². The lowest BCUT2D eigenvalue weighted by Crippen LogP contribution is -2.43. The highest BCUT2D eigenvalue weighted by Crippen LogP contribution is 2.47. The van der Waals surface area contributed by atoms with E-state index in [-0.39, 0.29) is 17.7 Å². The largest absolute Gasteiger partial charge is 0.468 e. The van der Waals surface area contributed by atoms with Gasteiger partial charge in [0.2, 0.25) is 11.8 Å². The fourth-order valence-corrected chi connectivity index (χ4v) is 3.17. The predicted molar refractivity (Wildman–Crippen MR) is 81.3 cm³/mol. The first-order chi connectivity index (χ1) is 11.3. The lowest BCUT2D eigenvalue weighted by atomic mass is 9.73. The molecule has 132 valence electrons. The number of hydrogen-bond acceptors (Lipinski definition) is 3. The fourth-order valence-electron chi connectivity index (χ4n) is 3.17. The van der Waals surface area contributed by atoms with Crippen LogP contribution in [0.4, 0.5) is 13.2 Å².